The minimum absolute atomic E-state index is 0.199. The minimum Gasteiger partial charge on any atom is -0.200 e. The van der Waals surface area contributed by atoms with Crippen molar-refractivity contribution in [2.24, 2.45) is 5.10 Å². The highest BCUT2D eigenvalue weighted by molar-refractivity contribution is 7.89. The summed E-state index contributed by atoms with van der Waals surface area (Å²) in [5, 5.41) is 3.75. The molecule has 0 bridgehead atoms. The third-order valence-corrected chi connectivity index (χ3v) is 4.35. The second kappa shape index (κ2) is 5.32. The van der Waals surface area contributed by atoms with Gasteiger partial charge in [0.2, 0.25) is 0 Å². The number of aryl methyl sites for hydroxylation is 1. The zero-order chi connectivity index (χ0) is 13.0. The zero-order valence-electron chi connectivity index (χ0n) is 9.70. The lowest BCUT2D eigenvalue weighted by atomic mass is 10.4. The number of hydrogen-bond donors (Lipinski definition) is 1. The van der Waals surface area contributed by atoms with Gasteiger partial charge in [-0.3, -0.25) is 0 Å². The lowest BCUT2D eigenvalue weighted by Crippen LogP contribution is -2.18. The summed E-state index contributed by atoms with van der Waals surface area (Å²) in [5.41, 5.74) is 0. The molecule has 18 heavy (non-hydrogen) atoms. The zero-order valence-corrected chi connectivity index (χ0v) is 11.3. The van der Waals surface area contributed by atoms with E-state index < -0.39 is 10.0 Å². The molecule has 0 amide bonds. The fourth-order valence-corrected chi connectivity index (χ4v) is 2.90. The fourth-order valence-electron chi connectivity index (χ4n) is 1.33. The van der Waals surface area contributed by atoms with Crippen LogP contribution in [0, 0.1) is 6.92 Å². The van der Waals surface area contributed by atoms with Crippen molar-refractivity contribution in [3.63, 3.8) is 0 Å². The average molecular weight is 280 g/mol. The summed E-state index contributed by atoms with van der Waals surface area (Å²) < 4.78 is 23.6. The van der Waals surface area contributed by atoms with Crippen molar-refractivity contribution in [1.29, 1.82) is 0 Å². The monoisotopic (exact) mass is 280 g/mol. The van der Waals surface area contributed by atoms with Crippen LogP contribution in [-0.4, -0.2) is 14.6 Å². The van der Waals surface area contributed by atoms with Gasteiger partial charge in [-0.05, 0) is 31.2 Å². The molecule has 0 spiro atoms. The summed E-state index contributed by atoms with van der Waals surface area (Å²) >= 11 is 1.55. The van der Waals surface area contributed by atoms with E-state index in [-0.39, 0.29) is 4.90 Å². The van der Waals surface area contributed by atoms with Gasteiger partial charge in [-0.1, -0.05) is 18.2 Å². The van der Waals surface area contributed by atoms with Crippen molar-refractivity contribution in [2.75, 3.05) is 0 Å². The average Bonchev–Trinajstić information content (AvgIpc) is 2.76. The van der Waals surface area contributed by atoms with Gasteiger partial charge in [-0.15, -0.1) is 11.3 Å². The van der Waals surface area contributed by atoms with E-state index in [2.05, 4.69) is 9.93 Å². The number of nitrogens with one attached hydrogen (secondary N) is 1. The van der Waals surface area contributed by atoms with Crippen molar-refractivity contribution in [2.45, 2.75) is 11.8 Å². The first-order chi connectivity index (χ1) is 8.58. The second-order valence-corrected chi connectivity index (χ2v) is 6.59. The van der Waals surface area contributed by atoms with Crippen LogP contribution in [0.1, 0.15) is 9.75 Å². The molecule has 1 aromatic carbocycles. The number of thiophene rings is 1. The summed E-state index contributed by atoms with van der Waals surface area (Å²) in [7, 11) is -3.57. The molecule has 94 valence electrons. The molecule has 1 heterocycles. The summed E-state index contributed by atoms with van der Waals surface area (Å²) in [5.74, 6) is 0. The van der Waals surface area contributed by atoms with Crippen molar-refractivity contribution in [1.82, 2.24) is 4.83 Å². The first-order valence-electron chi connectivity index (χ1n) is 5.24. The first-order valence-corrected chi connectivity index (χ1v) is 7.54. The molecule has 0 aliphatic carbocycles. The van der Waals surface area contributed by atoms with E-state index in [0.717, 1.165) is 9.75 Å². The predicted molar refractivity (Wildman–Crippen MR) is 73.4 cm³/mol. The van der Waals surface area contributed by atoms with Crippen LogP contribution in [0.25, 0.3) is 0 Å². The maximum absolute atomic E-state index is 11.8. The highest BCUT2D eigenvalue weighted by Crippen LogP contribution is 2.12. The van der Waals surface area contributed by atoms with Gasteiger partial charge in [-0.25, -0.2) is 4.83 Å². The topological polar surface area (TPSA) is 58.5 Å². The highest BCUT2D eigenvalue weighted by Gasteiger charge is 2.10. The number of hydrogen-bond acceptors (Lipinski definition) is 4. The SMILES string of the molecule is Cc1ccc(C=NNS(=O)(=O)c2ccccc2)s1. The van der Waals surface area contributed by atoms with E-state index in [1.807, 2.05) is 19.1 Å². The Hall–Kier alpha value is -1.66. The maximum Gasteiger partial charge on any atom is 0.276 e. The van der Waals surface area contributed by atoms with E-state index in [4.69, 9.17) is 0 Å². The quantitative estimate of drug-likeness (QED) is 0.690. The molecule has 2 aromatic rings. The largest absolute Gasteiger partial charge is 0.276 e. The smallest absolute Gasteiger partial charge is 0.200 e. The van der Waals surface area contributed by atoms with Crippen LogP contribution in [-0.2, 0) is 10.0 Å². The lowest BCUT2D eigenvalue weighted by Gasteiger charge is -2.01. The summed E-state index contributed by atoms with van der Waals surface area (Å²) in [6.07, 6.45) is 1.50. The summed E-state index contributed by atoms with van der Waals surface area (Å²) in [4.78, 5) is 4.44. The Morgan fingerprint density at radius 1 is 1.17 bits per heavy atom. The standard InChI is InChI=1S/C12H12N2O2S2/c1-10-7-8-11(17-10)9-13-14-18(15,16)12-5-3-2-4-6-12/h2-9,14H,1H3. The van der Waals surface area contributed by atoms with Gasteiger partial charge < -0.3 is 0 Å². The normalized spacial score (nSPS) is 11.8. The van der Waals surface area contributed by atoms with Crippen LogP contribution < -0.4 is 4.83 Å². The second-order valence-electron chi connectivity index (χ2n) is 3.61. The van der Waals surface area contributed by atoms with Gasteiger partial charge in [0.1, 0.15) is 0 Å². The van der Waals surface area contributed by atoms with E-state index in [9.17, 15) is 8.42 Å². The van der Waals surface area contributed by atoms with E-state index in [0.29, 0.717) is 0 Å². The van der Waals surface area contributed by atoms with Gasteiger partial charge in [0, 0.05) is 9.75 Å². The summed E-state index contributed by atoms with van der Waals surface area (Å²) in [6.45, 7) is 1.98. The molecule has 6 heteroatoms. The third kappa shape index (κ3) is 3.18. The van der Waals surface area contributed by atoms with Crippen LogP contribution in [0.2, 0.25) is 0 Å². The molecule has 0 radical (unpaired) electrons. The van der Waals surface area contributed by atoms with Gasteiger partial charge in [-0.2, -0.15) is 13.5 Å². The van der Waals surface area contributed by atoms with Crippen molar-refractivity contribution in [3.05, 3.63) is 52.2 Å². The molecule has 0 fully saturated rings. The molecule has 0 aliphatic heterocycles. The van der Waals surface area contributed by atoms with Crippen LogP contribution in [0.15, 0.2) is 52.5 Å². The molecule has 0 aliphatic rings. The van der Waals surface area contributed by atoms with Gasteiger partial charge in [0.15, 0.2) is 0 Å². The molecule has 2 rings (SSSR count). The van der Waals surface area contributed by atoms with E-state index >= 15 is 0 Å². The Labute approximate surface area is 110 Å². The number of sulfonamides is 1. The van der Waals surface area contributed by atoms with Gasteiger partial charge in [0.25, 0.3) is 10.0 Å². The van der Waals surface area contributed by atoms with Crippen molar-refractivity contribution < 1.29 is 8.42 Å². The van der Waals surface area contributed by atoms with Crippen molar-refractivity contribution in [3.8, 4) is 0 Å². The Kier molecular flexibility index (Phi) is 3.78. The molecule has 0 atom stereocenters. The highest BCUT2D eigenvalue weighted by atomic mass is 32.2. The van der Waals surface area contributed by atoms with Gasteiger partial charge >= 0.3 is 0 Å². The first kappa shape index (κ1) is 12.8. The predicted octanol–water partition coefficient (Wildman–Crippen LogP) is 2.37. The van der Waals surface area contributed by atoms with Gasteiger partial charge in [0.05, 0.1) is 11.1 Å². The van der Waals surface area contributed by atoms with Crippen LogP contribution in [0.3, 0.4) is 0 Å². The number of benzene rings is 1. The minimum atomic E-state index is -3.57. The number of rotatable bonds is 4. The van der Waals surface area contributed by atoms with Crippen LogP contribution in [0.5, 0.6) is 0 Å². The van der Waals surface area contributed by atoms with Crippen molar-refractivity contribution >= 4 is 27.6 Å². The number of nitrogens with zero attached hydrogens (tertiary/aromatic N) is 1. The van der Waals surface area contributed by atoms with Crippen LogP contribution >= 0.6 is 11.3 Å². The molecule has 0 saturated carbocycles. The van der Waals surface area contributed by atoms with E-state index in [1.54, 1.807) is 29.5 Å². The lowest BCUT2D eigenvalue weighted by molar-refractivity contribution is 0.584. The molecule has 1 aromatic heterocycles. The van der Waals surface area contributed by atoms with E-state index in [1.165, 1.54) is 18.3 Å². The Morgan fingerprint density at radius 2 is 1.89 bits per heavy atom. The molecular formula is C12H12N2O2S2. The fraction of sp³-hybridized carbons (Fsp3) is 0.0833. The van der Waals surface area contributed by atoms with Crippen LogP contribution in [0.4, 0.5) is 0 Å². The summed E-state index contributed by atoms with van der Waals surface area (Å²) in [6, 6.07) is 12.0. The number of hydrazone groups is 1. The Balaban J connectivity index is 2.08. The molecular weight excluding hydrogens is 268 g/mol. The Bertz CT molecular complexity index is 646. The third-order valence-electron chi connectivity index (χ3n) is 2.18. The molecule has 0 saturated heterocycles. The molecule has 4 nitrogen and oxygen atoms in total. The maximum atomic E-state index is 11.8. The molecule has 0 unspecified atom stereocenters. The Morgan fingerprint density at radius 3 is 2.50 bits per heavy atom. The molecule has 1 N–H and O–H groups in total.